The van der Waals surface area contributed by atoms with Crippen LogP contribution in [0.2, 0.25) is 0 Å². The Labute approximate surface area is 237 Å². The largest absolute Gasteiger partial charge is 0.500 e. The Morgan fingerprint density at radius 2 is 1.83 bits per heavy atom. The number of phenolic OH excluding ortho intramolecular Hbond substituents is 1. The molecule has 2 aromatic carbocycles. The molecule has 1 aliphatic heterocycles. The molecular weight excluding hydrogens is 532 g/mol. The first kappa shape index (κ1) is 29.6. The van der Waals surface area contributed by atoms with E-state index in [-0.39, 0.29) is 54.3 Å². The van der Waals surface area contributed by atoms with Crippen LogP contribution >= 0.6 is 0 Å². The first-order valence-corrected chi connectivity index (χ1v) is 13.3. The molecule has 218 valence electrons. The van der Waals surface area contributed by atoms with Crippen molar-refractivity contribution < 1.29 is 38.6 Å². The molecule has 0 saturated carbocycles. The van der Waals surface area contributed by atoms with E-state index in [1.165, 1.54) is 19.2 Å². The lowest BCUT2D eigenvalue weighted by atomic mass is 9.71. The Bertz CT molecular complexity index is 1430. The summed E-state index contributed by atoms with van der Waals surface area (Å²) >= 11 is 0. The number of carbonyl (C=O) groups is 2. The van der Waals surface area contributed by atoms with E-state index in [4.69, 9.17) is 18.9 Å². The molecule has 0 spiro atoms. The number of hydrogen-bond donors (Lipinski definition) is 2. The molecule has 4 rings (SSSR count). The summed E-state index contributed by atoms with van der Waals surface area (Å²) in [5.74, 6) is -2.23. The van der Waals surface area contributed by atoms with Crippen molar-refractivity contribution in [2.45, 2.75) is 51.6 Å². The van der Waals surface area contributed by atoms with E-state index >= 15 is 0 Å². The number of rotatable bonds is 10. The van der Waals surface area contributed by atoms with Crippen molar-refractivity contribution in [3.63, 3.8) is 0 Å². The Morgan fingerprint density at radius 1 is 1.12 bits per heavy atom. The van der Waals surface area contributed by atoms with Crippen LogP contribution in [0, 0.1) is 10.1 Å². The van der Waals surface area contributed by atoms with Gasteiger partial charge in [0.15, 0.2) is 11.5 Å². The molecule has 2 aromatic rings. The number of benzene rings is 2. The van der Waals surface area contributed by atoms with Crippen LogP contribution in [0.4, 0.5) is 5.69 Å². The summed E-state index contributed by atoms with van der Waals surface area (Å²) < 4.78 is 21.8. The normalized spacial score (nSPS) is 18.6. The summed E-state index contributed by atoms with van der Waals surface area (Å²) in [6.07, 6.45) is 0.530. The van der Waals surface area contributed by atoms with Gasteiger partial charge in [-0.05, 0) is 50.5 Å². The Morgan fingerprint density at radius 3 is 2.49 bits per heavy atom. The maximum absolute atomic E-state index is 13.9. The molecule has 11 nitrogen and oxygen atoms in total. The number of phenols is 1. The second-order valence-electron chi connectivity index (χ2n) is 10.2. The van der Waals surface area contributed by atoms with Crippen LogP contribution in [0.3, 0.4) is 0 Å². The first-order valence-electron chi connectivity index (χ1n) is 13.3. The quantitative estimate of drug-likeness (QED) is 0.180. The molecule has 2 aliphatic rings. The number of hydrogen-bond acceptors (Lipinski definition) is 10. The van der Waals surface area contributed by atoms with Crippen molar-refractivity contribution in [1.29, 1.82) is 0 Å². The predicted molar refractivity (Wildman–Crippen MR) is 149 cm³/mol. The van der Waals surface area contributed by atoms with Crippen molar-refractivity contribution in [2.24, 2.45) is 0 Å². The van der Waals surface area contributed by atoms with E-state index in [1.807, 2.05) is 38.1 Å². The van der Waals surface area contributed by atoms with Gasteiger partial charge in [0.2, 0.25) is 5.75 Å². The van der Waals surface area contributed by atoms with Crippen molar-refractivity contribution in [2.75, 3.05) is 27.4 Å². The monoisotopic (exact) mass is 566 g/mol. The van der Waals surface area contributed by atoms with Gasteiger partial charge in [-0.25, -0.2) is 4.79 Å². The summed E-state index contributed by atoms with van der Waals surface area (Å²) in [5, 5.41) is 25.5. The van der Waals surface area contributed by atoms with Gasteiger partial charge in [0.1, 0.15) is 12.4 Å². The second kappa shape index (κ2) is 12.4. The van der Waals surface area contributed by atoms with Gasteiger partial charge in [0.05, 0.1) is 37.4 Å². The van der Waals surface area contributed by atoms with E-state index in [0.717, 1.165) is 5.56 Å². The molecule has 41 heavy (non-hydrogen) atoms. The zero-order valence-corrected chi connectivity index (χ0v) is 23.7. The smallest absolute Gasteiger partial charge is 0.336 e. The first-order chi connectivity index (χ1) is 19.6. The highest BCUT2D eigenvalue weighted by molar-refractivity contribution is 6.04. The number of allylic oxidation sites excluding steroid dienone is 3. The number of ether oxygens (including phenoxy) is 4. The summed E-state index contributed by atoms with van der Waals surface area (Å²) in [7, 11) is 2.84. The van der Waals surface area contributed by atoms with Crippen molar-refractivity contribution in [3.8, 4) is 17.2 Å². The van der Waals surface area contributed by atoms with Crippen LogP contribution in [-0.2, 0) is 19.1 Å². The SMILES string of the molecule is COc1ccccc1[C@@H]1CC(=O)C2=C(C1)NC(C)=C(C(=O)OCCOC(C)C)[C@H]2c1cc(OC)c(O)c([N+](=O)[O-])c1. The van der Waals surface area contributed by atoms with E-state index in [0.29, 0.717) is 29.1 Å². The number of nitrogens with zero attached hydrogens (tertiary/aromatic N) is 1. The third kappa shape index (κ3) is 6.04. The number of nitro benzene ring substituents is 1. The summed E-state index contributed by atoms with van der Waals surface area (Å²) in [5.41, 5.74) is 2.03. The third-order valence-electron chi connectivity index (χ3n) is 7.22. The van der Waals surface area contributed by atoms with E-state index in [1.54, 1.807) is 14.0 Å². The highest BCUT2D eigenvalue weighted by Gasteiger charge is 2.43. The van der Waals surface area contributed by atoms with Crippen LogP contribution in [0.1, 0.15) is 56.6 Å². The number of nitrogens with one attached hydrogen (secondary N) is 1. The minimum atomic E-state index is -0.996. The zero-order chi connectivity index (χ0) is 29.8. The fourth-order valence-electron chi connectivity index (χ4n) is 5.44. The van der Waals surface area contributed by atoms with Gasteiger partial charge in [-0.15, -0.1) is 0 Å². The Balaban J connectivity index is 1.82. The van der Waals surface area contributed by atoms with E-state index < -0.39 is 28.2 Å². The minimum absolute atomic E-state index is 0.0186. The van der Waals surface area contributed by atoms with Gasteiger partial charge in [-0.1, -0.05) is 18.2 Å². The lowest BCUT2D eigenvalue weighted by Crippen LogP contribution is -2.36. The number of methoxy groups -OCH3 is 2. The molecule has 2 atom stereocenters. The summed E-state index contributed by atoms with van der Waals surface area (Å²) in [6.45, 7) is 5.58. The molecule has 0 radical (unpaired) electrons. The second-order valence-corrected chi connectivity index (χ2v) is 10.2. The highest BCUT2D eigenvalue weighted by Crippen LogP contribution is 2.49. The molecule has 1 aliphatic carbocycles. The standard InChI is InChI=1S/C30H34N2O9/c1-16(2)40-10-11-41-30(35)26-17(3)31-21-12-18(20-8-6-7-9-24(20)38-4)14-23(33)28(21)27(26)19-13-22(32(36)37)29(34)25(15-19)39-5/h6-9,13,15-16,18,27,31,34H,10-12,14H2,1-5H3/t18-,27+/m0/s1. The van der Waals surface area contributed by atoms with Gasteiger partial charge < -0.3 is 29.4 Å². The number of dihydropyridines is 1. The Hall–Kier alpha value is -4.38. The molecule has 1 heterocycles. The van der Waals surface area contributed by atoms with Gasteiger partial charge in [-0.3, -0.25) is 14.9 Å². The molecule has 0 saturated heterocycles. The minimum Gasteiger partial charge on any atom is -0.500 e. The van der Waals surface area contributed by atoms with Gasteiger partial charge in [0.25, 0.3) is 0 Å². The maximum Gasteiger partial charge on any atom is 0.336 e. The lowest BCUT2D eigenvalue weighted by molar-refractivity contribution is -0.386. The lowest BCUT2D eigenvalue weighted by Gasteiger charge is -2.37. The molecule has 0 bridgehead atoms. The van der Waals surface area contributed by atoms with Crippen LogP contribution in [-0.4, -0.2) is 55.3 Å². The van der Waals surface area contributed by atoms with E-state index in [9.17, 15) is 24.8 Å². The average molecular weight is 567 g/mol. The predicted octanol–water partition coefficient (Wildman–Crippen LogP) is 4.65. The number of aromatic hydroxyl groups is 1. The fraction of sp³-hybridized carbons (Fsp3) is 0.400. The molecule has 0 amide bonds. The topological polar surface area (TPSA) is 146 Å². The Kier molecular flexibility index (Phi) is 8.97. The number of ketones is 1. The number of Topliss-reactive ketones (excluding diaryl/α,β-unsaturated/α-hetero) is 1. The molecule has 11 heteroatoms. The van der Waals surface area contributed by atoms with Crippen LogP contribution < -0.4 is 14.8 Å². The fourth-order valence-corrected chi connectivity index (χ4v) is 5.44. The van der Waals surface area contributed by atoms with Crippen molar-refractivity contribution in [1.82, 2.24) is 5.32 Å². The molecule has 0 unspecified atom stereocenters. The number of carbonyl (C=O) groups excluding carboxylic acids is 2. The molecule has 0 fully saturated rings. The van der Waals surface area contributed by atoms with Crippen molar-refractivity contribution in [3.05, 3.63) is 80.2 Å². The molecule has 2 N–H and O–H groups in total. The van der Waals surface area contributed by atoms with Gasteiger partial charge >= 0.3 is 11.7 Å². The highest BCUT2D eigenvalue weighted by atomic mass is 16.6. The van der Waals surface area contributed by atoms with Crippen molar-refractivity contribution >= 4 is 17.4 Å². The van der Waals surface area contributed by atoms with Gasteiger partial charge in [-0.2, -0.15) is 0 Å². The van der Waals surface area contributed by atoms with Gasteiger partial charge in [0, 0.05) is 41.3 Å². The number of nitro groups is 1. The third-order valence-corrected chi connectivity index (χ3v) is 7.22. The van der Waals surface area contributed by atoms with Crippen LogP contribution in [0.25, 0.3) is 0 Å². The molecular formula is C30H34N2O9. The zero-order valence-electron chi connectivity index (χ0n) is 23.7. The number of esters is 1. The number of para-hydroxylation sites is 1. The maximum atomic E-state index is 13.9. The summed E-state index contributed by atoms with van der Waals surface area (Å²) in [4.78, 5) is 38.5. The summed E-state index contributed by atoms with van der Waals surface area (Å²) in [6, 6.07) is 10.1. The average Bonchev–Trinajstić information content (AvgIpc) is 2.94. The molecule has 0 aromatic heterocycles. The van der Waals surface area contributed by atoms with E-state index in [2.05, 4.69) is 5.32 Å². The van der Waals surface area contributed by atoms with Crippen LogP contribution in [0.5, 0.6) is 17.2 Å². The van der Waals surface area contributed by atoms with Crippen LogP contribution in [0.15, 0.2) is 58.9 Å².